The van der Waals surface area contributed by atoms with Gasteiger partial charge in [-0.2, -0.15) is 0 Å². The Morgan fingerprint density at radius 3 is 2.64 bits per heavy atom. The molecule has 1 amide bonds. The number of benzene rings is 1. The van der Waals surface area contributed by atoms with E-state index in [-0.39, 0.29) is 23.9 Å². The molecule has 0 radical (unpaired) electrons. The minimum Gasteiger partial charge on any atom is -0.472 e. The van der Waals surface area contributed by atoms with Gasteiger partial charge in [0.1, 0.15) is 11.4 Å². The van der Waals surface area contributed by atoms with E-state index in [1.165, 1.54) is 26.7 Å². The van der Waals surface area contributed by atoms with Crippen molar-refractivity contribution in [3.63, 3.8) is 0 Å². The molecule has 2 saturated carbocycles. The van der Waals surface area contributed by atoms with Gasteiger partial charge in [-0.25, -0.2) is 0 Å². The molecule has 0 N–H and O–H groups in total. The molecule has 1 saturated heterocycles. The standard InChI is InChI=1S/C31H38N2O6/c1-22(34)38-28-6-4-5-26(17-28)30-14-15-33(19-24-7-8-24)21-31(30,39-23(2)35)13-11-27(18-30)32(3)29(36)10-9-25-12-16-37-20-25/h4-6,9-10,12,16-17,20,24,27H,7-8,11,13-15,18-19,21H2,1-3H3/b10-9+/t27-,30-,31-/m0/s1. The molecule has 8 heteroatoms. The summed E-state index contributed by atoms with van der Waals surface area (Å²) in [5.41, 5.74) is 0.526. The Balaban J connectivity index is 1.50. The number of ether oxygens (including phenoxy) is 2. The van der Waals surface area contributed by atoms with Gasteiger partial charge in [0.2, 0.25) is 5.91 Å². The third-order valence-electron chi connectivity index (χ3n) is 8.73. The van der Waals surface area contributed by atoms with Gasteiger partial charge in [0.15, 0.2) is 0 Å². The molecule has 39 heavy (non-hydrogen) atoms. The number of nitrogens with zero attached hydrogens (tertiary/aromatic N) is 2. The third-order valence-corrected chi connectivity index (χ3v) is 8.73. The summed E-state index contributed by atoms with van der Waals surface area (Å²) >= 11 is 0. The fourth-order valence-electron chi connectivity index (χ4n) is 6.67. The number of hydrogen-bond donors (Lipinski definition) is 0. The van der Waals surface area contributed by atoms with Crippen molar-refractivity contribution in [2.45, 2.75) is 69.4 Å². The second kappa shape index (κ2) is 11.0. The molecule has 3 aliphatic rings. The van der Waals surface area contributed by atoms with Gasteiger partial charge in [-0.3, -0.25) is 19.3 Å². The van der Waals surface area contributed by atoms with Crippen molar-refractivity contribution >= 4 is 23.9 Å². The smallest absolute Gasteiger partial charge is 0.308 e. The lowest BCUT2D eigenvalue weighted by molar-refractivity contribution is -0.190. The summed E-state index contributed by atoms with van der Waals surface area (Å²) in [6, 6.07) is 9.38. The topological polar surface area (TPSA) is 89.3 Å². The van der Waals surface area contributed by atoms with E-state index in [0.717, 1.165) is 43.0 Å². The number of amides is 1. The van der Waals surface area contributed by atoms with Crippen molar-refractivity contribution in [3.8, 4) is 5.75 Å². The van der Waals surface area contributed by atoms with Crippen LogP contribution in [-0.2, 0) is 24.5 Å². The Morgan fingerprint density at radius 2 is 1.95 bits per heavy atom. The van der Waals surface area contributed by atoms with E-state index < -0.39 is 11.0 Å². The van der Waals surface area contributed by atoms with Crippen LogP contribution in [0, 0.1) is 5.92 Å². The van der Waals surface area contributed by atoms with Crippen LogP contribution < -0.4 is 4.74 Å². The Kier molecular flexibility index (Phi) is 7.67. The molecule has 1 aromatic heterocycles. The molecule has 8 nitrogen and oxygen atoms in total. The first-order valence-electron chi connectivity index (χ1n) is 13.9. The maximum Gasteiger partial charge on any atom is 0.308 e. The maximum absolute atomic E-state index is 13.2. The van der Waals surface area contributed by atoms with Gasteiger partial charge in [0.25, 0.3) is 0 Å². The summed E-state index contributed by atoms with van der Waals surface area (Å²) in [6.07, 6.45) is 11.8. The van der Waals surface area contributed by atoms with E-state index in [1.807, 2.05) is 30.1 Å². The molecule has 3 fully saturated rings. The van der Waals surface area contributed by atoms with Gasteiger partial charge < -0.3 is 18.8 Å². The van der Waals surface area contributed by atoms with Crippen LogP contribution in [0.3, 0.4) is 0 Å². The number of fused-ring (bicyclic) bond motifs is 1. The number of furan rings is 1. The number of piperidine rings is 1. The third kappa shape index (κ3) is 5.81. The zero-order valence-electron chi connectivity index (χ0n) is 23.1. The zero-order valence-corrected chi connectivity index (χ0v) is 23.1. The predicted molar refractivity (Wildman–Crippen MR) is 146 cm³/mol. The minimum absolute atomic E-state index is 0.0532. The van der Waals surface area contributed by atoms with E-state index in [0.29, 0.717) is 25.1 Å². The number of likely N-dealkylation sites (tertiary alicyclic amines) is 1. The second-order valence-corrected chi connectivity index (χ2v) is 11.5. The first-order chi connectivity index (χ1) is 18.7. The number of esters is 2. The van der Waals surface area contributed by atoms with Crippen molar-refractivity contribution in [2.24, 2.45) is 5.92 Å². The Labute approximate surface area is 229 Å². The molecular weight excluding hydrogens is 496 g/mol. The van der Waals surface area contributed by atoms with Gasteiger partial charge >= 0.3 is 11.9 Å². The number of carbonyl (C=O) groups excluding carboxylic acids is 3. The van der Waals surface area contributed by atoms with E-state index >= 15 is 0 Å². The van der Waals surface area contributed by atoms with Crippen LogP contribution in [0.25, 0.3) is 6.08 Å². The molecule has 0 unspecified atom stereocenters. The van der Waals surface area contributed by atoms with E-state index in [2.05, 4.69) is 4.90 Å². The minimum atomic E-state index is -0.742. The lowest BCUT2D eigenvalue weighted by Gasteiger charge is -2.60. The highest BCUT2D eigenvalue weighted by Gasteiger charge is 2.61. The summed E-state index contributed by atoms with van der Waals surface area (Å²) in [5.74, 6) is 0.430. The number of hydrogen-bond acceptors (Lipinski definition) is 7. The highest BCUT2D eigenvalue weighted by Crippen LogP contribution is 2.55. The molecule has 0 spiro atoms. The van der Waals surface area contributed by atoms with E-state index in [9.17, 15) is 14.4 Å². The van der Waals surface area contributed by atoms with Crippen molar-refractivity contribution in [3.05, 3.63) is 60.1 Å². The lowest BCUT2D eigenvalue weighted by Crippen LogP contribution is -2.68. The fourth-order valence-corrected chi connectivity index (χ4v) is 6.67. The van der Waals surface area contributed by atoms with Crippen molar-refractivity contribution in [1.29, 1.82) is 0 Å². The SMILES string of the molecule is CC(=O)Oc1cccc([C@@]23CCN(CC4CC4)C[C@@]2(OC(C)=O)CC[C@H](N(C)C(=O)/C=C/c2ccoc2)C3)c1. The Hall–Kier alpha value is -3.39. The van der Waals surface area contributed by atoms with Gasteiger partial charge in [-0.15, -0.1) is 0 Å². The average Bonchev–Trinajstić information content (AvgIpc) is 3.55. The Morgan fingerprint density at radius 1 is 1.13 bits per heavy atom. The summed E-state index contributed by atoms with van der Waals surface area (Å²) in [4.78, 5) is 41.8. The van der Waals surface area contributed by atoms with Crippen LogP contribution in [0.4, 0.5) is 0 Å². The van der Waals surface area contributed by atoms with Crippen LogP contribution >= 0.6 is 0 Å². The molecule has 2 aliphatic carbocycles. The highest BCUT2D eigenvalue weighted by molar-refractivity contribution is 5.91. The summed E-state index contributed by atoms with van der Waals surface area (Å²) in [6.45, 7) is 5.43. The van der Waals surface area contributed by atoms with Gasteiger partial charge in [0.05, 0.1) is 12.5 Å². The zero-order chi connectivity index (χ0) is 27.6. The van der Waals surface area contributed by atoms with Crippen LogP contribution in [-0.4, -0.2) is 66.0 Å². The quantitative estimate of drug-likeness (QED) is 0.278. The first kappa shape index (κ1) is 27.2. The summed E-state index contributed by atoms with van der Waals surface area (Å²) < 4.78 is 16.9. The van der Waals surface area contributed by atoms with E-state index in [1.54, 1.807) is 36.8 Å². The van der Waals surface area contributed by atoms with Crippen LogP contribution in [0.15, 0.2) is 53.4 Å². The van der Waals surface area contributed by atoms with Crippen molar-refractivity contribution < 1.29 is 28.3 Å². The maximum atomic E-state index is 13.2. The summed E-state index contributed by atoms with van der Waals surface area (Å²) in [7, 11) is 1.84. The first-order valence-corrected chi connectivity index (χ1v) is 13.9. The largest absolute Gasteiger partial charge is 0.472 e. The van der Waals surface area contributed by atoms with Crippen molar-refractivity contribution in [1.82, 2.24) is 9.80 Å². The normalized spacial score (nSPS) is 27.1. The molecule has 2 heterocycles. The monoisotopic (exact) mass is 534 g/mol. The highest BCUT2D eigenvalue weighted by atomic mass is 16.6. The van der Waals surface area contributed by atoms with Crippen molar-refractivity contribution in [2.75, 3.05) is 26.7 Å². The molecular formula is C31H38N2O6. The number of likely N-dealkylation sites (N-methyl/N-ethyl adjacent to an activating group) is 1. The van der Waals surface area contributed by atoms with Crippen LogP contribution in [0.2, 0.25) is 0 Å². The molecule has 1 aromatic carbocycles. The molecule has 208 valence electrons. The average molecular weight is 535 g/mol. The van der Waals surface area contributed by atoms with Gasteiger partial charge in [0, 0.05) is 57.1 Å². The van der Waals surface area contributed by atoms with Crippen LogP contribution in [0.1, 0.15) is 63.5 Å². The molecule has 2 aromatic rings. The lowest BCUT2D eigenvalue weighted by atomic mass is 9.55. The van der Waals surface area contributed by atoms with E-state index in [4.69, 9.17) is 13.9 Å². The molecule has 0 bridgehead atoms. The number of carbonyl (C=O) groups is 3. The Bertz CT molecular complexity index is 1240. The fraction of sp³-hybridized carbons (Fsp3) is 0.516. The molecule has 1 aliphatic heterocycles. The molecule has 3 atom stereocenters. The molecule has 5 rings (SSSR count). The van der Waals surface area contributed by atoms with Gasteiger partial charge in [-0.05, 0) is 80.8 Å². The summed E-state index contributed by atoms with van der Waals surface area (Å²) in [5, 5.41) is 0. The van der Waals surface area contributed by atoms with Gasteiger partial charge in [-0.1, -0.05) is 12.1 Å². The second-order valence-electron chi connectivity index (χ2n) is 11.5. The number of rotatable bonds is 8. The van der Waals surface area contributed by atoms with Crippen LogP contribution in [0.5, 0.6) is 5.75 Å². The predicted octanol–water partition coefficient (Wildman–Crippen LogP) is 4.58.